The van der Waals surface area contributed by atoms with Crippen molar-refractivity contribution in [3.05, 3.63) is 35.6 Å². The van der Waals surface area contributed by atoms with Crippen LogP contribution in [0.1, 0.15) is 37.7 Å². The second-order valence-electron chi connectivity index (χ2n) is 4.99. The van der Waals surface area contributed by atoms with Gasteiger partial charge in [0.2, 0.25) is 5.91 Å². The molecule has 1 N–H and O–H groups in total. The van der Waals surface area contributed by atoms with Crippen molar-refractivity contribution in [1.82, 2.24) is 5.32 Å². The molecule has 1 aromatic rings. The Kier molecular flexibility index (Phi) is 5.70. The van der Waals surface area contributed by atoms with Crippen LogP contribution in [0.2, 0.25) is 0 Å². The molecule has 1 saturated carbocycles. The molecule has 2 rings (SSSR count). The van der Waals surface area contributed by atoms with Crippen LogP contribution in [-0.2, 0) is 10.5 Å². The molecule has 104 valence electrons. The van der Waals surface area contributed by atoms with Gasteiger partial charge in [-0.3, -0.25) is 4.79 Å². The van der Waals surface area contributed by atoms with Gasteiger partial charge in [-0.2, -0.15) is 0 Å². The van der Waals surface area contributed by atoms with Crippen LogP contribution in [0.5, 0.6) is 0 Å². The first kappa shape index (κ1) is 14.4. The molecule has 2 nitrogen and oxygen atoms in total. The lowest BCUT2D eigenvalue weighted by molar-refractivity contribution is -0.119. The van der Waals surface area contributed by atoms with E-state index in [0.717, 1.165) is 12.8 Å². The first-order chi connectivity index (χ1) is 9.25. The van der Waals surface area contributed by atoms with Gasteiger partial charge in [-0.05, 0) is 24.5 Å². The maximum Gasteiger partial charge on any atom is 0.230 e. The maximum atomic E-state index is 13.4. The van der Waals surface area contributed by atoms with Gasteiger partial charge < -0.3 is 5.32 Å². The van der Waals surface area contributed by atoms with Crippen molar-refractivity contribution in [2.24, 2.45) is 0 Å². The van der Waals surface area contributed by atoms with E-state index >= 15 is 0 Å². The van der Waals surface area contributed by atoms with Gasteiger partial charge in [-0.1, -0.05) is 37.5 Å². The van der Waals surface area contributed by atoms with Crippen molar-refractivity contribution in [2.75, 3.05) is 5.75 Å². The van der Waals surface area contributed by atoms with Crippen LogP contribution in [0.15, 0.2) is 24.3 Å². The number of carbonyl (C=O) groups is 1. The maximum absolute atomic E-state index is 13.4. The fraction of sp³-hybridized carbons (Fsp3) is 0.533. The molecule has 1 amide bonds. The third kappa shape index (κ3) is 4.86. The first-order valence-corrected chi connectivity index (χ1v) is 8.01. The summed E-state index contributed by atoms with van der Waals surface area (Å²) < 4.78 is 13.4. The Morgan fingerprint density at radius 3 is 2.74 bits per heavy atom. The monoisotopic (exact) mass is 281 g/mol. The lowest BCUT2D eigenvalue weighted by Crippen LogP contribution is -2.37. The summed E-state index contributed by atoms with van der Waals surface area (Å²) in [5.41, 5.74) is 0.665. The van der Waals surface area contributed by atoms with Crippen molar-refractivity contribution in [3.63, 3.8) is 0 Å². The number of rotatable bonds is 5. The summed E-state index contributed by atoms with van der Waals surface area (Å²) in [6.45, 7) is 0. The topological polar surface area (TPSA) is 29.1 Å². The van der Waals surface area contributed by atoms with E-state index < -0.39 is 0 Å². The summed E-state index contributed by atoms with van der Waals surface area (Å²) in [5, 5.41) is 3.07. The molecule has 4 heteroatoms. The standard InChI is InChI=1S/C15H20FNOS/c16-14-9-5-4-6-12(14)10-19-11-15(18)17-13-7-2-1-3-8-13/h4-6,9,13H,1-3,7-8,10-11H2,(H,17,18). The second kappa shape index (κ2) is 7.53. The third-order valence-corrected chi connectivity index (χ3v) is 4.40. The molecule has 0 saturated heterocycles. The quantitative estimate of drug-likeness (QED) is 0.895. The molecule has 19 heavy (non-hydrogen) atoms. The van der Waals surface area contributed by atoms with Crippen molar-refractivity contribution in [1.29, 1.82) is 0 Å². The highest BCUT2D eigenvalue weighted by Gasteiger charge is 2.15. The number of hydrogen-bond acceptors (Lipinski definition) is 2. The van der Waals surface area contributed by atoms with Gasteiger partial charge in [0.1, 0.15) is 5.82 Å². The lowest BCUT2D eigenvalue weighted by atomic mass is 9.95. The van der Waals surface area contributed by atoms with E-state index in [9.17, 15) is 9.18 Å². The zero-order valence-electron chi connectivity index (χ0n) is 11.0. The summed E-state index contributed by atoms with van der Waals surface area (Å²) in [7, 11) is 0. The van der Waals surface area contributed by atoms with Crippen molar-refractivity contribution in [2.45, 2.75) is 43.9 Å². The Morgan fingerprint density at radius 1 is 1.26 bits per heavy atom. The number of thioether (sulfide) groups is 1. The van der Waals surface area contributed by atoms with Crippen LogP contribution in [0, 0.1) is 5.82 Å². The molecule has 1 aromatic carbocycles. The molecule has 0 unspecified atom stereocenters. The predicted molar refractivity (Wildman–Crippen MR) is 77.6 cm³/mol. The highest BCUT2D eigenvalue weighted by atomic mass is 32.2. The Balaban J connectivity index is 1.67. The fourth-order valence-corrected chi connectivity index (χ4v) is 3.21. The highest BCUT2D eigenvalue weighted by Crippen LogP contribution is 2.18. The lowest BCUT2D eigenvalue weighted by Gasteiger charge is -2.22. The fourth-order valence-electron chi connectivity index (χ4n) is 2.39. The van der Waals surface area contributed by atoms with E-state index in [1.165, 1.54) is 37.1 Å². The average Bonchev–Trinajstić information content (AvgIpc) is 2.42. The molecule has 0 heterocycles. The molecule has 0 aromatic heterocycles. The van der Waals surface area contributed by atoms with Crippen LogP contribution in [0.3, 0.4) is 0 Å². The van der Waals surface area contributed by atoms with Crippen molar-refractivity contribution < 1.29 is 9.18 Å². The van der Waals surface area contributed by atoms with Crippen LogP contribution in [-0.4, -0.2) is 17.7 Å². The van der Waals surface area contributed by atoms with E-state index in [-0.39, 0.29) is 11.7 Å². The van der Waals surface area contributed by atoms with Crippen molar-refractivity contribution >= 4 is 17.7 Å². The minimum atomic E-state index is -0.192. The van der Waals surface area contributed by atoms with E-state index in [1.807, 2.05) is 6.07 Å². The highest BCUT2D eigenvalue weighted by molar-refractivity contribution is 7.99. The van der Waals surface area contributed by atoms with Crippen LogP contribution in [0.4, 0.5) is 4.39 Å². The molecule has 1 fully saturated rings. The van der Waals surface area contributed by atoms with Gasteiger partial charge >= 0.3 is 0 Å². The molecule has 0 atom stereocenters. The number of carbonyl (C=O) groups excluding carboxylic acids is 1. The average molecular weight is 281 g/mol. The number of hydrogen-bond donors (Lipinski definition) is 1. The SMILES string of the molecule is O=C(CSCc1ccccc1F)NC1CCCCC1. The van der Waals surface area contributed by atoms with Gasteiger partial charge in [0.15, 0.2) is 0 Å². The smallest absolute Gasteiger partial charge is 0.230 e. The van der Waals surface area contributed by atoms with Crippen LogP contribution >= 0.6 is 11.8 Å². The molecule has 0 spiro atoms. The molecule has 0 aliphatic heterocycles. The van der Waals surface area contributed by atoms with E-state index in [4.69, 9.17) is 0 Å². The molecule has 0 bridgehead atoms. The summed E-state index contributed by atoms with van der Waals surface area (Å²) >= 11 is 1.47. The summed E-state index contributed by atoms with van der Waals surface area (Å²) in [6.07, 6.45) is 5.92. The summed E-state index contributed by atoms with van der Waals surface area (Å²) in [4.78, 5) is 11.8. The zero-order chi connectivity index (χ0) is 13.5. The zero-order valence-corrected chi connectivity index (χ0v) is 11.8. The largest absolute Gasteiger partial charge is 0.353 e. The van der Waals surface area contributed by atoms with Gasteiger partial charge in [0, 0.05) is 11.8 Å². The van der Waals surface area contributed by atoms with E-state index in [1.54, 1.807) is 12.1 Å². The minimum absolute atomic E-state index is 0.0771. The van der Waals surface area contributed by atoms with Gasteiger partial charge in [-0.15, -0.1) is 11.8 Å². The number of benzene rings is 1. The van der Waals surface area contributed by atoms with Crippen molar-refractivity contribution in [3.8, 4) is 0 Å². The predicted octanol–water partition coefficient (Wildman–Crippen LogP) is 3.51. The first-order valence-electron chi connectivity index (χ1n) is 6.86. The van der Waals surface area contributed by atoms with Gasteiger partial charge in [0.05, 0.1) is 5.75 Å². The Morgan fingerprint density at radius 2 is 2.00 bits per heavy atom. The molecular formula is C15H20FNOS. The van der Waals surface area contributed by atoms with E-state index in [2.05, 4.69) is 5.32 Å². The summed E-state index contributed by atoms with van der Waals surface area (Å²) in [5.74, 6) is 0.839. The molecular weight excluding hydrogens is 261 g/mol. The third-order valence-electron chi connectivity index (χ3n) is 3.42. The molecule has 1 aliphatic rings. The Labute approximate surface area is 118 Å². The molecule has 0 radical (unpaired) electrons. The number of amides is 1. The normalized spacial score (nSPS) is 16.3. The van der Waals surface area contributed by atoms with Crippen LogP contribution < -0.4 is 5.32 Å². The van der Waals surface area contributed by atoms with E-state index in [0.29, 0.717) is 23.1 Å². The Hall–Kier alpha value is -1.03. The number of halogens is 1. The van der Waals surface area contributed by atoms with Gasteiger partial charge in [0.25, 0.3) is 0 Å². The van der Waals surface area contributed by atoms with Gasteiger partial charge in [-0.25, -0.2) is 4.39 Å². The minimum Gasteiger partial charge on any atom is -0.353 e. The Bertz CT molecular complexity index is 418. The summed E-state index contributed by atoms with van der Waals surface area (Å²) in [6, 6.07) is 7.08. The number of nitrogens with one attached hydrogen (secondary N) is 1. The van der Waals surface area contributed by atoms with Crippen LogP contribution in [0.25, 0.3) is 0 Å². The molecule has 1 aliphatic carbocycles. The second-order valence-corrected chi connectivity index (χ2v) is 5.97.